The summed E-state index contributed by atoms with van der Waals surface area (Å²) in [5, 5.41) is 7.08. The fourth-order valence-corrected chi connectivity index (χ4v) is 3.35. The maximum atomic E-state index is 13.2. The highest BCUT2D eigenvalue weighted by Crippen LogP contribution is 2.20. The summed E-state index contributed by atoms with van der Waals surface area (Å²) < 4.78 is 21.6. The number of halogens is 1. The van der Waals surface area contributed by atoms with Gasteiger partial charge in [-0.15, -0.1) is 0 Å². The van der Waals surface area contributed by atoms with E-state index in [4.69, 9.17) is 4.74 Å². The number of amides is 1. The summed E-state index contributed by atoms with van der Waals surface area (Å²) in [4.78, 5) is 28.8. The summed E-state index contributed by atoms with van der Waals surface area (Å²) >= 11 is 0. The van der Waals surface area contributed by atoms with Crippen molar-refractivity contribution in [3.8, 4) is 11.6 Å². The molecule has 0 saturated carbocycles. The third-order valence-electron chi connectivity index (χ3n) is 4.88. The smallest absolute Gasteiger partial charge is 0.346 e. The Hall–Kier alpha value is -3.49. The number of pyridine rings is 1. The second kappa shape index (κ2) is 8.89. The molecule has 0 unspecified atom stereocenters. The van der Waals surface area contributed by atoms with Gasteiger partial charge < -0.3 is 10.1 Å². The van der Waals surface area contributed by atoms with Crippen molar-refractivity contribution in [3.63, 3.8) is 0 Å². The van der Waals surface area contributed by atoms with Gasteiger partial charge in [0.25, 0.3) is 0 Å². The van der Waals surface area contributed by atoms with Gasteiger partial charge in [0.15, 0.2) is 0 Å². The molecule has 0 radical (unpaired) electrons. The number of rotatable bonds is 6. The van der Waals surface area contributed by atoms with Gasteiger partial charge in [-0.3, -0.25) is 9.36 Å². The van der Waals surface area contributed by atoms with E-state index in [1.807, 2.05) is 0 Å². The molecule has 0 atom stereocenters. The average Bonchev–Trinajstić information content (AvgIpc) is 2.90. The lowest BCUT2D eigenvalue weighted by Gasteiger charge is -2.07. The third kappa shape index (κ3) is 4.73. The number of nitrogens with zero attached hydrogens (tertiary/aromatic N) is 4. The van der Waals surface area contributed by atoms with Gasteiger partial charge in [0, 0.05) is 37.8 Å². The second-order valence-corrected chi connectivity index (χ2v) is 7.16. The van der Waals surface area contributed by atoms with Crippen LogP contribution in [0.3, 0.4) is 0 Å². The molecule has 0 saturated heterocycles. The zero-order chi connectivity index (χ0) is 20.9. The van der Waals surface area contributed by atoms with Gasteiger partial charge in [-0.25, -0.2) is 18.9 Å². The first-order valence-corrected chi connectivity index (χ1v) is 9.90. The fourth-order valence-electron chi connectivity index (χ4n) is 3.35. The highest BCUT2D eigenvalue weighted by atomic mass is 19.1. The molecular formula is C21H22FN5O3. The van der Waals surface area contributed by atoms with Crippen LogP contribution in [0.15, 0.2) is 47.4 Å². The number of carbonyl (C=O) groups excluding carboxylic acids is 1. The molecule has 0 fully saturated rings. The van der Waals surface area contributed by atoms with Gasteiger partial charge >= 0.3 is 5.69 Å². The Kier molecular flexibility index (Phi) is 5.87. The number of hydrogen-bond acceptors (Lipinski definition) is 5. The summed E-state index contributed by atoms with van der Waals surface area (Å²) in [7, 11) is 0. The van der Waals surface area contributed by atoms with Crippen LogP contribution in [0, 0.1) is 5.82 Å². The molecule has 4 rings (SSSR count). The predicted molar refractivity (Wildman–Crippen MR) is 107 cm³/mol. The molecule has 1 N–H and O–H groups in total. The average molecular weight is 411 g/mol. The number of fused-ring (bicyclic) bond motifs is 1. The minimum Gasteiger partial charge on any atom is -0.439 e. The Morgan fingerprint density at radius 2 is 2.10 bits per heavy atom. The van der Waals surface area contributed by atoms with Crippen LogP contribution in [0.2, 0.25) is 0 Å². The molecule has 1 aromatic carbocycles. The van der Waals surface area contributed by atoms with Crippen molar-refractivity contribution < 1.29 is 13.9 Å². The van der Waals surface area contributed by atoms with E-state index >= 15 is 0 Å². The minimum absolute atomic E-state index is 0.118. The molecule has 1 amide bonds. The predicted octanol–water partition coefficient (Wildman–Crippen LogP) is 2.41. The number of hydrogen-bond donors (Lipinski definition) is 1. The zero-order valence-corrected chi connectivity index (χ0v) is 16.4. The first-order valence-electron chi connectivity index (χ1n) is 9.90. The lowest BCUT2D eigenvalue weighted by Crippen LogP contribution is -2.33. The van der Waals surface area contributed by atoms with Gasteiger partial charge in [-0.05, 0) is 30.5 Å². The summed E-state index contributed by atoms with van der Waals surface area (Å²) in [6.45, 7) is 0.799. The lowest BCUT2D eigenvalue weighted by atomic mass is 10.2. The number of nitrogens with one attached hydrogen (secondary N) is 1. The maximum absolute atomic E-state index is 13.2. The first kappa shape index (κ1) is 19.8. The standard InChI is InChI=1S/C21H22FN5O3/c22-16-5-4-6-17(11-16)30-20-9-8-15(13-24-20)12-23-19(28)14-27-21(29)26-10-3-1-2-7-18(26)25-27/h4-6,8-9,11,13H,1-3,7,10,12,14H2,(H,23,28). The largest absolute Gasteiger partial charge is 0.439 e. The first-order chi connectivity index (χ1) is 14.6. The van der Waals surface area contributed by atoms with E-state index in [1.165, 1.54) is 16.8 Å². The van der Waals surface area contributed by atoms with E-state index in [9.17, 15) is 14.0 Å². The summed E-state index contributed by atoms with van der Waals surface area (Å²) in [6.07, 6.45) is 5.38. The molecule has 0 aliphatic carbocycles. The number of benzene rings is 1. The number of aromatic nitrogens is 4. The molecule has 2 aromatic heterocycles. The topological polar surface area (TPSA) is 91.0 Å². The van der Waals surface area contributed by atoms with Gasteiger partial charge in [-0.1, -0.05) is 18.6 Å². The molecule has 1 aliphatic rings. The minimum atomic E-state index is -0.389. The SMILES string of the molecule is O=C(Cn1nc2n(c1=O)CCCCC2)NCc1ccc(Oc2cccc(F)c2)nc1. The molecule has 1 aliphatic heterocycles. The Morgan fingerprint density at radius 3 is 2.90 bits per heavy atom. The highest BCUT2D eigenvalue weighted by molar-refractivity contribution is 5.75. The van der Waals surface area contributed by atoms with Gasteiger partial charge in [-0.2, -0.15) is 5.10 Å². The Labute approximate surface area is 172 Å². The van der Waals surface area contributed by atoms with Crippen molar-refractivity contribution in [2.24, 2.45) is 0 Å². The molecule has 30 heavy (non-hydrogen) atoms. The van der Waals surface area contributed by atoms with E-state index in [2.05, 4.69) is 15.4 Å². The Morgan fingerprint density at radius 1 is 1.20 bits per heavy atom. The number of ether oxygens (including phenoxy) is 1. The van der Waals surface area contributed by atoms with E-state index in [0.29, 0.717) is 18.2 Å². The van der Waals surface area contributed by atoms with E-state index in [0.717, 1.165) is 37.1 Å². The van der Waals surface area contributed by atoms with Crippen molar-refractivity contribution in [2.45, 2.75) is 45.3 Å². The van der Waals surface area contributed by atoms with Crippen LogP contribution in [0.25, 0.3) is 0 Å². The van der Waals surface area contributed by atoms with E-state index in [1.54, 1.807) is 35.0 Å². The summed E-state index contributed by atoms with van der Waals surface area (Å²) in [6, 6.07) is 9.19. The van der Waals surface area contributed by atoms with Gasteiger partial charge in [0.2, 0.25) is 11.8 Å². The second-order valence-electron chi connectivity index (χ2n) is 7.16. The zero-order valence-electron chi connectivity index (χ0n) is 16.4. The van der Waals surface area contributed by atoms with E-state index < -0.39 is 0 Å². The molecule has 8 nitrogen and oxygen atoms in total. The van der Waals surface area contributed by atoms with Gasteiger partial charge in [0.05, 0.1) is 0 Å². The van der Waals surface area contributed by atoms with Crippen LogP contribution in [0.1, 0.15) is 30.7 Å². The van der Waals surface area contributed by atoms with Crippen LogP contribution in [0.4, 0.5) is 4.39 Å². The van der Waals surface area contributed by atoms with Crippen molar-refractivity contribution >= 4 is 5.91 Å². The molecule has 3 aromatic rings. The third-order valence-corrected chi connectivity index (χ3v) is 4.88. The number of aryl methyl sites for hydroxylation is 1. The van der Waals surface area contributed by atoms with Crippen LogP contribution in [-0.2, 0) is 30.8 Å². The normalized spacial score (nSPS) is 13.4. The van der Waals surface area contributed by atoms with E-state index in [-0.39, 0.29) is 30.5 Å². The van der Waals surface area contributed by atoms with Crippen molar-refractivity contribution in [1.82, 2.24) is 24.6 Å². The Balaban J connectivity index is 1.31. The fraction of sp³-hybridized carbons (Fsp3) is 0.333. The maximum Gasteiger partial charge on any atom is 0.346 e. The molecule has 156 valence electrons. The van der Waals surface area contributed by atoms with Crippen LogP contribution in [0.5, 0.6) is 11.6 Å². The van der Waals surface area contributed by atoms with Crippen LogP contribution < -0.4 is 15.7 Å². The molecule has 0 spiro atoms. The number of carbonyl (C=O) groups is 1. The molecule has 0 bridgehead atoms. The molecule has 3 heterocycles. The molecular weight excluding hydrogens is 389 g/mol. The van der Waals surface area contributed by atoms with Crippen molar-refractivity contribution in [2.75, 3.05) is 0 Å². The Bertz CT molecular complexity index is 1090. The van der Waals surface area contributed by atoms with Gasteiger partial charge in [0.1, 0.15) is 23.9 Å². The van der Waals surface area contributed by atoms with Crippen molar-refractivity contribution in [3.05, 3.63) is 70.3 Å². The summed E-state index contributed by atoms with van der Waals surface area (Å²) in [5.74, 6) is 0.739. The molecule has 9 heteroatoms. The highest BCUT2D eigenvalue weighted by Gasteiger charge is 2.17. The van der Waals surface area contributed by atoms with Crippen molar-refractivity contribution in [1.29, 1.82) is 0 Å². The lowest BCUT2D eigenvalue weighted by molar-refractivity contribution is -0.122. The summed E-state index contributed by atoms with van der Waals surface area (Å²) in [5.41, 5.74) is 0.533. The quantitative estimate of drug-likeness (QED) is 0.673. The van der Waals surface area contributed by atoms with Crippen LogP contribution in [-0.4, -0.2) is 25.2 Å². The van der Waals surface area contributed by atoms with Crippen LogP contribution >= 0.6 is 0 Å². The monoisotopic (exact) mass is 411 g/mol.